The Labute approximate surface area is 136 Å². The Morgan fingerprint density at radius 3 is 2.91 bits per heavy atom. The summed E-state index contributed by atoms with van der Waals surface area (Å²) < 4.78 is 13.2. The van der Waals surface area contributed by atoms with Gasteiger partial charge in [0.2, 0.25) is 0 Å². The summed E-state index contributed by atoms with van der Waals surface area (Å²) in [5.41, 5.74) is 1.74. The fourth-order valence-corrected chi connectivity index (χ4v) is 3.08. The summed E-state index contributed by atoms with van der Waals surface area (Å²) in [6, 6.07) is 0.131. The summed E-state index contributed by atoms with van der Waals surface area (Å²) in [5.74, 6) is 0.722. The third kappa shape index (κ3) is 3.06. The van der Waals surface area contributed by atoms with E-state index in [9.17, 15) is 4.79 Å². The van der Waals surface area contributed by atoms with Crippen molar-refractivity contribution >= 4 is 18.3 Å². The Hall–Kier alpha value is -1.31. The van der Waals surface area contributed by atoms with Crippen LogP contribution >= 0.6 is 12.4 Å². The maximum Gasteiger partial charge on any atom is 0.260 e. The SMILES string of the molecule is Cc1nn(C)c(C)c1OCC(=O)N1CCO[C@H]2CNC[C@H]21.Cl. The smallest absolute Gasteiger partial charge is 0.260 e. The van der Waals surface area contributed by atoms with Crippen LogP contribution in [0.15, 0.2) is 0 Å². The zero-order chi connectivity index (χ0) is 15.0. The van der Waals surface area contributed by atoms with E-state index in [4.69, 9.17) is 9.47 Å². The summed E-state index contributed by atoms with van der Waals surface area (Å²) in [6.07, 6.45) is 0.115. The third-order valence-corrected chi connectivity index (χ3v) is 4.30. The molecular formula is C14H23ClN4O3. The molecule has 2 atom stereocenters. The van der Waals surface area contributed by atoms with Gasteiger partial charge in [-0.2, -0.15) is 5.10 Å². The van der Waals surface area contributed by atoms with E-state index >= 15 is 0 Å². The molecule has 1 N–H and O–H groups in total. The predicted molar refractivity (Wildman–Crippen MR) is 83.5 cm³/mol. The number of hydrogen-bond acceptors (Lipinski definition) is 5. The minimum Gasteiger partial charge on any atom is -0.480 e. The molecule has 8 heteroatoms. The molecule has 2 aliphatic heterocycles. The minimum atomic E-state index is 0. The lowest BCUT2D eigenvalue weighted by molar-refractivity contribution is -0.144. The first-order valence-electron chi connectivity index (χ1n) is 7.32. The molecule has 1 aromatic heterocycles. The molecule has 22 heavy (non-hydrogen) atoms. The molecule has 0 aromatic carbocycles. The number of morpholine rings is 1. The van der Waals surface area contributed by atoms with Gasteiger partial charge in [0.25, 0.3) is 5.91 Å². The number of carbonyl (C=O) groups excluding carboxylic acids is 1. The van der Waals surface area contributed by atoms with Gasteiger partial charge in [-0.1, -0.05) is 0 Å². The molecule has 3 heterocycles. The summed E-state index contributed by atoms with van der Waals surface area (Å²) in [5, 5.41) is 7.56. The maximum absolute atomic E-state index is 12.4. The number of halogens is 1. The van der Waals surface area contributed by atoms with Gasteiger partial charge in [-0.25, -0.2) is 0 Å². The lowest BCUT2D eigenvalue weighted by Crippen LogP contribution is -2.54. The summed E-state index contributed by atoms with van der Waals surface area (Å²) in [4.78, 5) is 14.3. The Balaban J connectivity index is 0.00000176. The average molecular weight is 331 g/mol. The second-order valence-corrected chi connectivity index (χ2v) is 5.63. The van der Waals surface area contributed by atoms with E-state index < -0.39 is 0 Å². The fourth-order valence-electron chi connectivity index (χ4n) is 3.08. The number of ether oxygens (including phenoxy) is 2. The summed E-state index contributed by atoms with van der Waals surface area (Å²) >= 11 is 0. The first kappa shape index (κ1) is 17.1. The second-order valence-electron chi connectivity index (χ2n) is 5.63. The number of nitrogens with zero attached hydrogens (tertiary/aromatic N) is 3. The van der Waals surface area contributed by atoms with Crippen LogP contribution in [0.2, 0.25) is 0 Å². The van der Waals surface area contributed by atoms with Crippen LogP contribution in [0, 0.1) is 13.8 Å². The van der Waals surface area contributed by atoms with E-state index in [2.05, 4.69) is 10.4 Å². The largest absolute Gasteiger partial charge is 0.480 e. The molecular weight excluding hydrogens is 308 g/mol. The van der Waals surface area contributed by atoms with Crippen LogP contribution in [0.3, 0.4) is 0 Å². The molecule has 3 rings (SSSR count). The molecule has 0 saturated carbocycles. The minimum absolute atomic E-state index is 0. The molecule has 7 nitrogen and oxygen atoms in total. The number of fused-ring (bicyclic) bond motifs is 1. The normalized spacial score (nSPS) is 23.9. The monoisotopic (exact) mass is 330 g/mol. The molecule has 0 bridgehead atoms. The molecule has 1 amide bonds. The highest BCUT2D eigenvalue weighted by Gasteiger charge is 2.38. The predicted octanol–water partition coefficient (Wildman–Crippen LogP) is 0.0367. The van der Waals surface area contributed by atoms with E-state index in [1.807, 2.05) is 25.8 Å². The first-order valence-corrected chi connectivity index (χ1v) is 7.32. The third-order valence-electron chi connectivity index (χ3n) is 4.30. The molecule has 0 unspecified atom stereocenters. The number of carbonyl (C=O) groups is 1. The summed E-state index contributed by atoms with van der Waals surface area (Å²) in [6.45, 7) is 6.72. The molecule has 1 aromatic rings. The van der Waals surface area contributed by atoms with Crippen LogP contribution < -0.4 is 10.1 Å². The topological polar surface area (TPSA) is 68.6 Å². The number of aromatic nitrogens is 2. The van der Waals surface area contributed by atoms with Gasteiger partial charge in [0.15, 0.2) is 12.4 Å². The number of rotatable bonds is 3. The van der Waals surface area contributed by atoms with Crippen molar-refractivity contribution in [1.82, 2.24) is 20.0 Å². The Kier molecular flexibility index (Phi) is 5.31. The van der Waals surface area contributed by atoms with Gasteiger partial charge in [0, 0.05) is 26.7 Å². The van der Waals surface area contributed by atoms with Crippen LogP contribution in [-0.4, -0.2) is 65.6 Å². The van der Waals surface area contributed by atoms with E-state index in [0.717, 1.165) is 24.5 Å². The average Bonchev–Trinajstić information content (AvgIpc) is 3.02. The van der Waals surface area contributed by atoms with Crippen LogP contribution in [0.5, 0.6) is 5.75 Å². The van der Waals surface area contributed by atoms with Crippen molar-refractivity contribution in [3.63, 3.8) is 0 Å². The van der Waals surface area contributed by atoms with E-state index in [1.54, 1.807) is 4.68 Å². The fraction of sp³-hybridized carbons (Fsp3) is 0.714. The van der Waals surface area contributed by atoms with Crippen molar-refractivity contribution in [3.05, 3.63) is 11.4 Å². The zero-order valence-corrected chi connectivity index (χ0v) is 14.0. The van der Waals surface area contributed by atoms with Crippen molar-refractivity contribution in [1.29, 1.82) is 0 Å². The Morgan fingerprint density at radius 2 is 2.23 bits per heavy atom. The Morgan fingerprint density at radius 1 is 1.45 bits per heavy atom. The van der Waals surface area contributed by atoms with Gasteiger partial charge in [-0.3, -0.25) is 9.48 Å². The van der Waals surface area contributed by atoms with Crippen LogP contribution in [0.4, 0.5) is 0 Å². The standard InChI is InChI=1S/C14H22N4O3.ClH/c1-9-14(10(2)17(3)16-9)21-8-13(19)18-4-5-20-12-7-15-6-11(12)18;/h11-12,15H,4-8H2,1-3H3;1H/t11-,12+;/m1./s1. The highest BCUT2D eigenvalue weighted by Crippen LogP contribution is 2.22. The molecule has 0 radical (unpaired) electrons. The van der Waals surface area contributed by atoms with Gasteiger partial charge in [-0.05, 0) is 13.8 Å². The number of aryl methyl sites for hydroxylation is 2. The molecule has 2 fully saturated rings. The number of nitrogens with one attached hydrogen (secondary N) is 1. The number of amides is 1. The van der Waals surface area contributed by atoms with Crippen LogP contribution in [-0.2, 0) is 16.6 Å². The van der Waals surface area contributed by atoms with Crippen LogP contribution in [0.1, 0.15) is 11.4 Å². The quantitative estimate of drug-likeness (QED) is 0.847. The highest BCUT2D eigenvalue weighted by atomic mass is 35.5. The van der Waals surface area contributed by atoms with Crippen molar-refractivity contribution in [2.45, 2.75) is 26.0 Å². The van der Waals surface area contributed by atoms with E-state index in [0.29, 0.717) is 18.9 Å². The lowest BCUT2D eigenvalue weighted by atomic mass is 10.1. The van der Waals surface area contributed by atoms with E-state index in [1.165, 1.54) is 0 Å². The first-order chi connectivity index (χ1) is 10.1. The molecule has 124 valence electrons. The van der Waals surface area contributed by atoms with Gasteiger partial charge < -0.3 is 19.7 Å². The van der Waals surface area contributed by atoms with Crippen molar-refractivity contribution in [2.24, 2.45) is 7.05 Å². The van der Waals surface area contributed by atoms with Gasteiger partial charge in [0.1, 0.15) is 5.69 Å². The van der Waals surface area contributed by atoms with E-state index in [-0.39, 0.29) is 37.1 Å². The molecule has 0 spiro atoms. The number of hydrogen-bond donors (Lipinski definition) is 1. The Bertz CT molecular complexity index is 548. The molecule has 2 aliphatic rings. The van der Waals surface area contributed by atoms with Gasteiger partial charge >= 0.3 is 0 Å². The lowest BCUT2D eigenvalue weighted by Gasteiger charge is -2.36. The van der Waals surface area contributed by atoms with Crippen molar-refractivity contribution in [2.75, 3.05) is 32.8 Å². The highest BCUT2D eigenvalue weighted by molar-refractivity contribution is 5.85. The van der Waals surface area contributed by atoms with Gasteiger partial charge in [-0.15, -0.1) is 12.4 Å². The van der Waals surface area contributed by atoms with Gasteiger partial charge in [0.05, 0.1) is 24.4 Å². The summed E-state index contributed by atoms with van der Waals surface area (Å²) in [7, 11) is 1.87. The van der Waals surface area contributed by atoms with Crippen molar-refractivity contribution < 1.29 is 14.3 Å². The van der Waals surface area contributed by atoms with Crippen LogP contribution in [0.25, 0.3) is 0 Å². The molecule has 2 saturated heterocycles. The molecule has 0 aliphatic carbocycles. The second kappa shape index (κ2) is 6.85. The van der Waals surface area contributed by atoms with Crippen molar-refractivity contribution in [3.8, 4) is 5.75 Å². The zero-order valence-electron chi connectivity index (χ0n) is 13.2. The maximum atomic E-state index is 12.4.